The minimum Gasteiger partial charge on any atom is -0.360 e. The molecule has 1 aromatic carbocycles. The third-order valence-electron chi connectivity index (χ3n) is 5.18. The molecular formula is C24H28FN3. The number of hydrogen-bond donors (Lipinski definition) is 1. The summed E-state index contributed by atoms with van der Waals surface area (Å²) in [6.07, 6.45) is 2.52. The monoisotopic (exact) mass is 377 g/mol. The Balaban J connectivity index is 1.93. The molecule has 1 aliphatic rings. The molecule has 28 heavy (non-hydrogen) atoms. The van der Waals surface area contributed by atoms with Crippen LogP contribution in [0.1, 0.15) is 37.0 Å². The summed E-state index contributed by atoms with van der Waals surface area (Å²) >= 11 is 0. The second-order valence-corrected chi connectivity index (χ2v) is 7.63. The molecule has 1 N–H and O–H groups in total. The molecule has 2 aromatic rings. The van der Waals surface area contributed by atoms with Crippen LogP contribution >= 0.6 is 0 Å². The molecule has 0 bridgehead atoms. The fraction of sp³-hybridized carbons (Fsp3) is 0.292. The molecule has 3 rings (SSSR count). The number of aryl methyl sites for hydroxylation is 2. The van der Waals surface area contributed by atoms with E-state index in [0.717, 1.165) is 52.2 Å². The van der Waals surface area contributed by atoms with Gasteiger partial charge in [0.2, 0.25) is 0 Å². The van der Waals surface area contributed by atoms with Crippen molar-refractivity contribution in [3.05, 3.63) is 83.0 Å². The molecule has 0 unspecified atom stereocenters. The third kappa shape index (κ3) is 4.16. The van der Waals surface area contributed by atoms with Crippen molar-refractivity contribution in [2.75, 3.05) is 23.3 Å². The summed E-state index contributed by atoms with van der Waals surface area (Å²) in [4.78, 5) is 6.33. The van der Waals surface area contributed by atoms with E-state index in [-0.39, 0.29) is 5.82 Å². The van der Waals surface area contributed by atoms with Gasteiger partial charge in [-0.2, -0.15) is 0 Å². The van der Waals surface area contributed by atoms with Crippen LogP contribution < -0.4 is 10.2 Å². The van der Waals surface area contributed by atoms with Gasteiger partial charge in [-0.15, -0.1) is 0 Å². The van der Waals surface area contributed by atoms with E-state index in [0.29, 0.717) is 12.4 Å². The van der Waals surface area contributed by atoms with Gasteiger partial charge in [-0.1, -0.05) is 19.2 Å². The minimum atomic E-state index is -0.268. The standard InChI is InChI=1S/C24H28FN3/c1-15(2)27-23-8-7-20(12-18(23)5)19(6)21-14-28(10-9-17(21)4)24-22(25)11-16(3)13-26-24/h7-8,11-13,27H,1,4,9-10,14H2,2-3,5-6H3/b21-19+. The average Bonchev–Trinajstić information content (AvgIpc) is 2.63. The van der Waals surface area contributed by atoms with E-state index in [1.54, 1.807) is 12.3 Å². The smallest absolute Gasteiger partial charge is 0.165 e. The zero-order chi connectivity index (χ0) is 20.4. The molecule has 146 valence electrons. The lowest BCUT2D eigenvalue weighted by atomic mass is 9.91. The number of anilines is 2. The lowest BCUT2D eigenvalue weighted by molar-refractivity contribution is 0.606. The highest BCUT2D eigenvalue weighted by Crippen LogP contribution is 2.32. The fourth-order valence-electron chi connectivity index (χ4n) is 3.57. The topological polar surface area (TPSA) is 28.2 Å². The fourth-order valence-corrected chi connectivity index (χ4v) is 3.57. The highest BCUT2D eigenvalue weighted by Gasteiger charge is 2.23. The summed E-state index contributed by atoms with van der Waals surface area (Å²) in [6.45, 7) is 17.5. The zero-order valence-electron chi connectivity index (χ0n) is 17.2. The van der Waals surface area contributed by atoms with Crippen molar-refractivity contribution in [1.29, 1.82) is 0 Å². The highest BCUT2D eigenvalue weighted by molar-refractivity contribution is 5.75. The lowest BCUT2D eigenvalue weighted by Crippen LogP contribution is -2.34. The van der Waals surface area contributed by atoms with Gasteiger partial charge in [0.05, 0.1) is 0 Å². The molecule has 1 aliphatic heterocycles. The molecular weight excluding hydrogens is 349 g/mol. The molecule has 0 aliphatic carbocycles. The van der Waals surface area contributed by atoms with Gasteiger partial charge >= 0.3 is 0 Å². The van der Waals surface area contributed by atoms with Crippen LogP contribution in [0.5, 0.6) is 0 Å². The quantitative estimate of drug-likeness (QED) is 0.706. The summed E-state index contributed by atoms with van der Waals surface area (Å²) in [5.41, 5.74) is 8.56. The van der Waals surface area contributed by atoms with Gasteiger partial charge in [-0.25, -0.2) is 9.37 Å². The molecule has 1 saturated heterocycles. The van der Waals surface area contributed by atoms with Gasteiger partial charge in [-0.3, -0.25) is 0 Å². The molecule has 0 atom stereocenters. The van der Waals surface area contributed by atoms with Gasteiger partial charge in [0.15, 0.2) is 11.6 Å². The lowest BCUT2D eigenvalue weighted by Gasteiger charge is -2.32. The largest absolute Gasteiger partial charge is 0.360 e. The molecule has 0 radical (unpaired) electrons. The van der Waals surface area contributed by atoms with Gasteiger partial charge in [0.25, 0.3) is 0 Å². The van der Waals surface area contributed by atoms with Crippen molar-refractivity contribution in [3.63, 3.8) is 0 Å². The normalized spacial score (nSPS) is 16.2. The number of aromatic nitrogens is 1. The van der Waals surface area contributed by atoms with Gasteiger partial charge < -0.3 is 10.2 Å². The predicted octanol–water partition coefficient (Wildman–Crippen LogP) is 6.02. The SMILES string of the molecule is C=C(C)Nc1ccc(/C(C)=C2\CN(c3ncc(C)cc3F)CCC2=C)cc1C. The van der Waals surface area contributed by atoms with Crippen LogP contribution in [0.2, 0.25) is 0 Å². The first-order valence-electron chi connectivity index (χ1n) is 9.55. The number of hydrogen-bond acceptors (Lipinski definition) is 3. The van der Waals surface area contributed by atoms with Gasteiger partial charge in [0, 0.05) is 30.7 Å². The Morgan fingerprint density at radius 2 is 1.96 bits per heavy atom. The van der Waals surface area contributed by atoms with Crippen molar-refractivity contribution in [3.8, 4) is 0 Å². The molecule has 0 spiro atoms. The number of pyridine rings is 1. The van der Waals surface area contributed by atoms with Crippen molar-refractivity contribution >= 4 is 17.1 Å². The first kappa shape index (κ1) is 19.9. The number of rotatable bonds is 4. The first-order chi connectivity index (χ1) is 13.3. The maximum atomic E-state index is 14.4. The van der Waals surface area contributed by atoms with Crippen molar-refractivity contribution in [2.45, 2.75) is 34.1 Å². The van der Waals surface area contributed by atoms with E-state index < -0.39 is 0 Å². The number of nitrogens with zero attached hydrogens (tertiary/aromatic N) is 2. The van der Waals surface area contributed by atoms with Crippen LogP contribution in [0.4, 0.5) is 15.9 Å². The Morgan fingerprint density at radius 1 is 1.21 bits per heavy atom. The number of piperidine rings is 1. The van der Waals surface area contributed by atoms with Crippen LogP contribution in [0.3, 0.4) is 0 Å². The number of allylic oxidation sites excluding steroid dienone is 2. The maximum Gasteiger partial charge on any atom is 0.165 e. The number of nitrogens with one attached hydrogen (secondary N) is 1. The van der Waals surface area contributed by atoms with E-state index >= 15 is 0 Å². The van der Waals surface area contributed by atoms with Crippen LogP contribution in [0, 0.1) is 19.7 Å². The predicted molar refractivity (Wildman–Crippen MR) is 117 cm³/mol. The molecule has 0 saturated carbocycles. The van der Waals surface area contributed by atoms with Crippen LogP contribution in [-0.2, 0) is 0 Å². The van der Waals surface area contributed by atoms with Crippen molar-refractivity contribution < 1.29 is 4.39 Å². The highest BCUT2D eigenvalue weighted by atomic mass is 19.1. The van der Waals surface area contributed by atoms with Crippen LogP contribution in [-0.4, -0.2) is 18.1 Å². The summed E-state index contributed by atoms with van der Waals surface area (Å²) in [5.74, 6) is 0.149. The second-order valence-electron chi connectivity index (χ2n) is 7.63. The third-order valence-corrected chi connectivity index (χ3v) is 5.18. The Labute approximate surface area is 167 Å². The Hall–Kier alpha value is -2.88. The van der Waals surface area contributed by atoms with Crippen molar-refractivity contribution in [1.82, 2.24) is 4.98 Å². The molecule has 1 fully saturated rings. The summed E-state index contributed by atoms with van der Waals surface area (Å²) < 4.78 is 14.4. The van der Waals surface area contributed by atoms with Crippen LogP contribution in [0.15, 0.2) is 60.5 Å². The number of halogens is 1. The zero-order valence-corrected chi connectivity index (χ0v) is 17.2. The van der Waals surface area contributed by atoms with E-state index in [9.17, 15) is 4.39 Å². The van der Waals surface area contributed by atoms with Crippen molar-refractivity contribution in [2.24, 2.45) is 0 Å². The van der Waals surface area contributed by atoms with E-state index in [1.165, 1.54) is 5.57 Å². The molecule has 3 nitrogen and oxygen atoms in total. The minimum absolute atomic E-state index is 0.268. The Kier molecular flexibility index (Phi) is 5.68. The molecule has 1 aromatic heterocycles. The Morgan fingerprint density at radius 3 is 2.61 bits per heavy atom. The first-order valence-corrected chi connectivity index (χ1v) is 9.55. The van der Waals surface area contributed by atoms with Gasteiger partial charge in [0.1, 0.15) is 0 Å². The molecule has 2 heterocycles. The Bertz CT molecular complexity index is 972. The van der Waals surface area contributed by atoms with E-state index in [2.05, 4.69) is 55.5 Å². The van der Waals surface area contributed by atoms with Crippen LogP contribution in [0.25, 0.3) is 5.57 Å². The average molecular weight is 378 g/mol. The molecule has 0 amide bonds. The summed E-state index contributed by atoms with van der Waals surface area (Å²) in [7, 11) is 0. The summed E-state index contributed by atoms with van der Waals surface area (Å²) in [6, 6.07) is 7.90. The number of benzene rings is 1. The summed E-state index contributed by atoms with van der Waals surface area (Å²) in [5, 5.41) is 3.28. The maximum absolute atomic E-state index is 14.4. The van der Waals surface area contributed by atoms with E-state index in [4.69, 9.17) is 0 Å². The van der Waals surface area contributed by atoms with E-state index in [1.807, 2.05) is 18.7 Å². The second kappa shape index (κ2) is 8.01. The van der Waals surface area contributed by atoms with Gasteiger partial charge in [-0.05, 0) is 85.7 Å². The molecule has 4 heteroatoms.